The Bertz CT molecular complexity index is 1530. The molecule has 4 heterocycles. The molecule has 5 rings (SSSR count). The molecule has 1 fully saturated rings. The van der Waals surface area contributed by atoms with Gasteiger partial charge in [0.2, 0.25) is 11.8 Å². The minimum atomic E-state index is -0.253. The van der Waals surface area contributed by atoms with E-state index in [-0.39, 0.29) is 11.5 Å². The van der Waals surface area contributed by atoms with Crippen LogP contribution in [0.2, 0.25) is 0 Å². The van der Waals surface area contributed by atoms with Crippen LogP contribution in [0.1, 0.15) is 36.3 Å². The number of benzene rings is 1. The summed E-state index contributed by atoms with van der Waals surface area (Å²) in [6, 6.07) is 9.95. The summed E-state index contributed by atoms with van der Waals surface area (Å²) in [5.74, 6) is 1.04. The highest BCUT2D eigenvalue weighted by molar-refractivity contribution is 5.94. The van der Waals surface area contributed by atoms with Crippen LogP contribution in [0, 0.1) is 6.92 Å². The number of aromatic amines is 1. The maximum absolute atomic E-state index is 12.8. The topological polar surface area (TPSA) is 139 Å². The molecule has 1 saturated heterocycles. The number of amides is 1. The molecule has 0 aliphatic carbocycles. The molecule has 4 N–H and O–H groups in total. The molecule has 3 aromatic heterocycles. The van der Waals surface area contributed by atoms with Crippen LogP contribution in [-0.2, 0) is 4.79 Å². The summed E-state index contributed by atoms with van der Waals surface area (Å²) in [6.45, 7) is 4.75. The van der Waals surface area contributed by atoms with Crippen molar-refractivity contribution in [3.8, 4) is 17.3 Å². The van der Waals surface area contributed by atoms with Crippen molar-refractivity contribution in [2.45, 2.75) is 32.1 Å². The summed E-state index contributed by atoms with van der Waals surface area (Å²) >= 11 is 0. The van der Waals surface area contributed by atoms with Crippen molar-refractivity contribution in [1.29, 1.82) is 0 Å². The van der Waals surface area contributed by atoms with Gasteiger partial charge in [0.25, 0.3) is 5.56 Å². The molecule has 10 nitrogen and oxygen atoms in total. The summed E-state index contributed by atoms with van der Waals surface area (Å²) in [5, 5.41) is 4.58. The van der Waals surface area contributed by atoms with Crippen molar-refractivity contribution in [2.24, 2.45) is 5.73 Å². The summed E-state index contributed by atoms with van der Waals surface area (Å²) in [5.41, 5.74) is 9.54. The number of nitrogens with one attached hydrogen (secondary N) is 2. The number of carbonyl (C=O) groups excluding carboxylic acids is 1. The largest absolute Gasteiger partial charge is 0.480 e. The maximum atomic E-state index is 12.8. The Balaban J connectivity index is 1.40. The van der Waals surface area contributed by atoms with E-state index in [1.807, 2.05) is 18.2 Å². The zero-order valence-electron chi connectivity index (χ0n) is 21.5. The molecule has 38 heavy (non-hydrogen) atoms. The number of carbonyl (C=O) groups is 1. The second kappa shape index (κ2) is 11.0. The van der Waals surface area contributed by atoms with Gasteiger partial charge in [-0.05, 0) is 79.6 Å². The van der Waals surface area contributed by atoms with Gasteiger partial charge in [-0.3, -0.25) is 14.6 Å². The third kappa shape index (κ3) is 5.50. The molecule has 196 valence electrons. The third-order valence-electron chi connectivity index (χ3n) is 7.07. The number of aryl methyl sites for hydroxylation is 1. The highest BCUT2D eigenvalue weighted by atomic mass is 16.5. The van der Waals surface area contributed by atoms with E-state index in [1.54, 1.807) is 12.4 Å². The number of hydrogen-bond acceptors (Lipinski definition) is 8. The zero-order chi connectivity index (χ0) is 26.6. The fraction of sp³-hybridized carbons (Fsp3) is 0.321. The lowest BCUT2D eigenvalue weighted by atomic mass is 9.86. The van der Waals surface area contributed by atoms with E-state index >= 15 is 0 Å². The number of piperidine rings is 1. The number of anilines is 2. The maximum Gasteiger partial charge on any atom is 0.259 e. The average molecular weight is 514 g/mol. The van der Waals surface area contributed by atoms with Gasteiger partial charge in [0.05, 0.1) is 30.6 Å². The lowest BCUT2D eigenvalue weighted by Gasteiger charge is -2.32. The summed E-state index contributed by atoms with van der Waals surface area (Å²) < 4.78 is 5.22. The molecule has 0 atom stereocenters. The molecule has 1 aliphatic heterocycles. The minimum absolute atomic E-state index is 0.225. The Morgan fingerprint density at radius 2 is 1.97 bits per heavy atom. The zero-order valence-corrected chi connectivity index (χ0v) is 21.5. The fourth-order valence-corrected chi connectivity index (χ4v) is 5.09. The molecule has 1 aliphatic rings. The number of methoxy groups -OCH3 is 1. The van der Waals surface area contributed by atoms with E-state index in [0.29, 0.717) is 40.8 Å². The van der Waals surface area contributed by atoms with Crippen LogP contribution in [0.4, 0.5) is 11.5 Å². The Morgan fingerprint density at radius 3 is 2.71 bits per heavy atom. The van der Waals surface area contributed by atoms with Crippen molar-refractivity contribution in [1.82, 2.24) is 24.8 Å². The first-order chi connectivity index (χ1) is 18.4. The molecule has 1 amide bonds. The van der Waals surface area contributed by atoms with E-state index in [0.717, 1.165) is 43.5 Å². The number of H-pyrrole nitrogens is 1. The monoisotopic (exact) mass is 513 g/mol. The van der Waals surface area contributed by atoms with Crippen molar-refractivity contribution >= 4 is 28.2 Å². The summed E-state index contributed by atoms with van der Waals surface area (Å²) in [6.07, 6.45) is 7.25. The van der Waals surface area contributed by atoms with Crippen molar-refractivity contribution < 1.29 is 9.53 Å². The molecular weight excluding hydrogens is 482 g/mol. The number of hydrogen-bond donors (Lipinski definition) is 3. The standard InChI is InChI=1S/C28H31N7O3/c1-17-13-20(3-4-21(17)18-6-10-35(11-7-18)12-8-24(29)36)32-27-26-19(5-9-31-28(26)37)14-22(34-27)23-15-30-16-25(33-23)38-2/h3-5,9,13-16,18H,6-8,10-12H2,1-2H3,(H2,29,36)(H,31,37)(H,32,34). The molecule has 4 aromatic rings. The predicted molar refractivity (Wildman–Crippen MR) is 147 cm³/mol. The van der Waals surface area contributed by atoms with Crippen molar-refractivity contribution in [2.75, 3.05) is 32.1 Å². The van der Waals surface area contributed by atoms with E-state index in [4.69, 9.17) is 15.5 Å². The van der Waals surface area contributed by atoms with Gasteiger partial charge in [0.1, 0.15) is 11.5 Å². The van der Waals surface area contributed by atoms with Crippen LogP contribution in [0.5, 0.6) is 5.88 Å². The number of ether oxygens (including phenoxy) is 1. The van der Waals surface area contributed by atoms with Gasteiger partial charge in [0, 0.05) is 24.8 Å². The first-order valence-electron chi connectivity index (χ1n) is 12.7. The number of likely N-dealkylation sites (tertiary alicyclic amines) is 1. The number of nitrogens with zero attached hydrogens (tertiary/aromatic N) is 4. The van der Waals surface area contributed by atoms with Crippen LogP contribution < -0.4 is 21.3 Å². The molecule has 0 saturated carbocycles. The first kappa shape index (κ1) is 25.3. The van der Waals surface area contributed by atoms with Crippen LogP contribution in [0.25, 0.3) is 22.2 Å². The summed E-state index contributed by atoms with van der Waals surface area (Å²) in [4.78, 5) is 42.3. The highest BCUT2D eigenvalue weighted by Gasteiger charge is 2.22. The Morgan fingerprint density at radius 1 is 1.16 bits per heavy atom. The molecule has 1 aromatic carbocycles. The summed E-state index contributed by atoms with van der Waals surface area (Å²) in [7, 11) is 1.54. The number of rotatable bonds is 8. The Hall–Kier alpha value is -4.31. The van der Waals surface area contributed by atoms with Gasteiger partial charge < -0.3 is 25.7 Å². The number of aromatic nitrogens is 4. The molecule has 0 radical (unpaired) electrons. The van der Waals surface area contributed by atoms with E-state index in [9.17, 15) is 9.59 Å². The van der Waals surface area contributed by atoms with Gasteiger partial charge in [0.15, 0.2) is 0 Å². The van der Waals surface area contributed by atoms with Crippen LogP contribution in [0.15, 0.2) is 53.7 Å². The van der Waals surface area contributed by atoms with Gasteiger partial charge in [-0.2, -0.15) is 0 Å². The Labute approximate surface area is 220 Å². The second-order valence-electron chi connectivity index (χ2n) is 9.60. The molecule has 0 bridgehead atoms. The third-order valence-corrected chi connectivity index (χ3v) is 7.07. The SMILES string of the molecule is COc1cncc(-c2cc3cc[nH]c(=O)c3c(Nc3ccc(C4CCN(CCC(N)=O)CC4)c(C)c3)n2)n1. The lowest BCUT2D eigenvalue weighted by Crippen LogP contribution is -2.35. The molecule has 0 unspecified atom stereocenters. The number of nitrogens with two attached hydrogens (primary N) is 1. The van der Waals surface area contributed by atoms with Gasteiger partial charge in [-0.15, -0.1) is 0 Å². The van der Waals surface area contributed by atoms with Gasteiger partial charge in [-0.25, -0.2) is 9.97 Å². The van der Waals surface area contributed by atoms with E-state index in [1.165, 1.54) is 24.4 Å². The van der Waals surface area contributed by atoms with Crippen LogP contribution in [0.3, 0.4) is 0 Å². The number of fused-ring (bicyclic) bond motifs is 1. The number of primary amides is 1. The smallest absolute Gasteiger partial charge is 0.259 e. The van der Waals surface area contributed by atoms with Crippen molar-refractivity contribution in [3.05, 3.63) is 70.4 Å². The molecular formula is C28H31N7O3. The molecule has 10 heteroatoms. The Kier molecular flexibility index (Phi) is 7.32. The lowest BCUT2D eigenvalue weighted by molar-refractivity contribution is -0.118. The van der Waals surface area contributed by atoms with E-state index in [2.05, 4.69) is 44.2 Å². The molecule has 0 spiro atoms. The van der Waals surface area contributed by atoms with Crippen LogP contribution in [-0.4, -0.2) is 57.5 Å². The second-order valence-corrected chi connectivity index (χ2v) is 9.60. The fourth-order valence-electron chi connectivity index (χ4n) is 5.09. The normalized spacial score (nSPS) is 14.5. The highest BCUT2D eigenvalue weighted by Crippen LogP contribution is 2.33. The van der Waals surface area contributed by atoms with Crippen LogP contribution >= 0.6 is 0 Å². The van der Waals surface area contributed by atoms with Gasteiger partial charge in [-0.1, -0.05) is 6.07 Å². The van der Waals surface area contributed by atoms with Crippen molar-refractivity contribution in [3.63, 3.8) is 0 Å². The van der Waals surface area contributed by atoms with E-state index < -0.39 is 0 Å². The quantitative estimate of drug-likeness (QED) is 0.325. The number of pyridine rings is 2. The predicted octanol–water partition coefficient (Wildman–Crippen LogP) is 3.50. The average Bonchev–Trinajstić information content (AvgIpc) is 2.92. The minimum Gasteiger partial charge on any atom is -0.480 e. The first-order valence-corrected chi connectivity index (χ1v) is 12.7. The van der Waals surface area contributed by atoms with Gasteiger partial charge >= 0.3 is 0 Å².